The molecular formula is C17H16O4. The Kier molecular flexibility index (Phi) is 4.99. The highest BCUT2D eigenvalue weighted by Gasteiger charge is 2.01. The van der Waals surface area contributed by atoms with Crippen LogP contribution in [0.2, 0.25) is 0 Å². The molecule has 0 aliphatic carbocycles. The molecule has 0 radical (unpaired) electrons. The predicted octanol–water partition coefficient (Wildman–Crippen LogP) is 3.89. The molecule has 21 heavy (non-hydrogen) atoms. The van der Waals surface area contributed by atoms with Gasteiger partial charge in [-0.25, -0.2) is 4.79 Å². The number of carbonyl (C=O) groups is 1. The van der Waals surface area contributed by atoms with Gasteiger partial charge in [0, 0.05) is 11.6 Å². The third kappa shape index (κ3) is 4.69. The summed E-state index contributed by atoms with van der Waals surface area (Å²) in [5.41, 5.74) is 0.256. The van der Waals surface area contributed by atoms with Gasteiger partial charge in [-0.15, -0.1) is 0 Å². The van der Waals surface area contributed by atoms with Crippen molar-refractivity contribution in [3.63, 3.8) is 0 Å². The summed E-state index contributed by atoms with van der Waals surface area (Å²) >= 11 is 0. The predicted molar refractivity (Wildman–Crippen MR) is 79.8 cm³/mol. The van der Waals surface area contributed by atoms with E-state index in [0.29, 0.717) is 11.5 Å². The number of carboxylic acid groups (broad SMARTS) is 1. The molecule has 0 aliphatic rings. The van der Waals surface area contributed by atoms with E-state index < -0.39 is 5.97 Å². The van der Waals surface area contributed by atoms with Gasteiger partial charge in [0.15, 0.2) is 0 Å². The van der Waals surface area contributed by atoms with Gasteiger partial charge in [-0.1, -0.05) is 24.3 Å². The summed E-state index contributed by atoms with van der Waals surface area (Å²) in [6.07, 6.45) is 1.52. The van der Waals surface area contributed by atoms with Crippen molar-refractivity contribution in [1.29, 1.82) is 0 Å². The van der Waals surface area contributed by atoms with Crippen molar-refractivity contribution in [3.05, 3.63) is 66.2 Å². The molecule has 0 saturated carbocycles. The van der Waals surface area contributed by atoms with Gasteiger partial charge in [0.2, 0.25) is 0 Å². The van der Waals surface area contributed by atoms with Crippen molar-refractivity contribution in [3.8, 4) is 17.2 Å². The molecule has 0 atom stereocenters. The molecule has 0 aliphatic heterocycles. The van der Waals surface area contributed by atoms with Gasteiger partial charge >= 0.3 is 5.97 Å². The van der Waals surface area contributed by atoms with Crippen molar-refractivity contribution in [2.75, 3.05) is 6.61 Å². The summed E-state index contributed by atoms with van der Waals surface area (Å²) in [6.45, 7) is 1.73. The topological polar surface area (TPSA) is 55.8 Å². The number of carboxylic acids is 1. The van der Waals surface area contributed by atoms with Crippen LogP contribution in [0.5, 0.6) is 17.2 Å². The normalized spacial score (nSPS) is 11.0. The molecule has 2 aromatic carbocycles. The second kappa shape index (κ2) is 7.14. The Morgan fingerprint density at radius 2 is 1.71 bits per heavy atom. The molecule has 2 rings (SSSR count). The zero-order valence-corrected chi connectivity index (χ0v) is 11.7. The van der Waals surface area contributed by atoms with Gasteiger partial charge in [0.25, 0.3) is 0 Å². The van der Waals surface area contributed by atoms with Crippen molar-refractivity contribution in [1.82, 2.24) is 0 Å². The number of aliphatic carboxylic acids is 1. The van der Waals surface area contributed by atoms with E-state index in [0.717, 1.165) is 5.75 Å². The summed E-state index contributed by atoms with van der Waals surface area (Å²) in [5.74, 6) is 1.09. The lowest BCUT2D eigenvalue weighted by Gasteiger charge is -2.08. The number of rotatable bonds is 6. The zero-order valence-electron chi connectivity index (χ0n) is 11.7. The fourth-order valence-electron chi connectivity index (χ4n) is 1.60. The van der Waals surface area contributed by atoms with Crippen LogP contribution < -0.4 is 9.47 Å². The van der Waals surface area contributed by atoms with Gasteiger partial charge < -0.3 is 14.6 Å². The Morgan fingerprint density at radius 1 is 1.05 bits per heavy atom. The molecule has 0 saturated heterocycles. The molecule has 1 N–H and O–H groups in total. The highest BCUT2D eigenvalue weighted by atomic mass is 16.5. The third-order valence-corrected chi connectivity index (χ3v) is 2.76. The molecule has 0 bridgehead atoms. The van der Waals surface area contributed by atoms with E-state index >= 15 is 0 Å². The fourth-order valence-corrected chi connectivity index (χ4v) is 1.60. The lowest BCUT2D eigenvalue weighted by atomic mass is 10.3. The minimum atomic E-state index is -0.945. The lowest BCUT2D eigenvalue weighted by Crippen LogP contribution is -2.00. The van der Waals surface area contributed by atoms with Crippen LogP contribution in [-0.4, -0.2) is 17.7 Å². The molecule has 4 nitrogen and oxygen atoms in total. The number of benzene rings is 2. The minimum absolute atomic E-state index is 0.201. The Bertz CT molecular complexity index is 632. The van der Waals surface area contributed by atoms with Crippen LogP contribution in [-0.2, 0) is 4.79 Å². The number of para-hydroxylation sites is 1. The summed E-state index contributed by atoms with van der Waals surface area (Å²) in [4.78, 5) is 10.7. The van der Waals surface area contributed by atoms with Crippen molar-refractivity contribution in [2.24, 2.45) is 0 Å². The second-order valence-corrected chi connectivity index (χ2v) is 4.39. The maximum absolute atomic E-state index is 10.7. The first kappa shape index (κ1) is 14.7. The molecule has 108 valence electrons. The quantitative estimate of drug-likeness (QED) is 0.818. The highest BCUT2D eigenvalue weighted by Crippen LogP contribution is 2.24. The molecule has 0 spiro atoms. The summed E-state index contributed by atoms with van der Waals surface area (Å²) < 4.78 is 11.2. The first-order valence-corrected chi connectivity index (χ1v) is 6.51. The summed E-state index contributed by atoms with van der Waals surface area (Å²) in [5, 5.41) is 8.74. The SMILES string of the molecule is CC(=CCOc1cccc(Oc2ccccc2)c1)C(=O)O. The van der Waals surface area contributed by atoms with Crippen molar-refractivity contribution < 1.29 is 19.4 Å². The Morgan fingerprint density at radius 3 is 2.43 bits per heavy atom. The van der Waals surface area contributed by atoms with E-state index in [1.807, 2.05) is 42.5 Å². The standard InChI is InChI=1S/C17H16O4/c1-13(17(18)19)10-11-20-15-8-5-9-16(12-15)21-14-6-3-2-4-7-14/h2-10,12H,11H2,1H3,(H,18,19). The van der Waals surface area contributed by atoms with Gasteiger partial charge in [-0.2, -0.15) is 0 Å². The summed E-state index contributed by atoms with van der Waals surface area (Å²) in [6, 6.07) is 16.7. The largest absolute Gasteiger partial charge is 0.489 e. The van der Waals surface area contributed by atoms with E-state index in [1.165, 1.54) is 13.0 Å². The number of hydrogen-bond donors (Lipinski definition) is 1. The molecule has 0 aromatic heterocycles. The lowest BCUT2D eigenvalue weighted by molar-refractivity contribution is -0.132. The van der Waals surface area contributed by atoms with Crippen LogP contribution in [0.25, 0.3) is 0 Å². The van der Waals surface area contributed by atoms with Gasteiger partial charge in [0.1, 0.15) is 23.9 Å². The smallest absolute Gasteiger partial charge is 0.331 e. The van der Waals surface area contributed by atoms with Crippen LogP contribution in [0, 0.1) is 0 Å². The second-order valence-electron chi connectivity index (χ2n) is 4.39. The fraction of sp³-hybridized carbons (Fsp3) is 0.118. The van der Waals surface area contributed by atoms with E-state index in [1.54, 1.807) is 12.1 Å². The first-order valence-electron chi connectivity index (χ1n) is 6.51. The summed E-state index contributed by atoms with van der Waals surface area (Å²) in [7, 11) is 0. The average molecular weight is 284 g/mol. The molecule has 0 fully saturated rings. The number of hydrogen-bond acceptors (Lipinski definition) is 3. The molecule has 0 heterocycles. The van der Waals surface area contributed by atoms with Crippen molar-refractivity contribution >= 4 is 5.97 Å². The minimum Gasteiger partial charge on any atom is -0.489 e. The van der Waals surface area contributed by atoms with E-state index in [4.69, 9.17) is 14.6 Å². The van der Waals surface area contributed by atoms with Crippen LogP contribution in [0.4, 0.5) is 0 Å². The molecular weight excluding hydrogens is 268 g/mol. The van der Waals surface area contributed by atoms with Crippen LogP contribution >= 0.6 is 0 Å². The van der Waals surface area contributed by atoms with E-state index in [2.05, 4.69) is 0 Å². The maximum atomic E-state index is 10.7. The van der Waals surface area contributed by atoms with Gasteiger partial charge in [0.05, 0.1) is 0 Å². The average Bonchev–Trinajstić information content (AvgIpc) is 2.48. The van der Waals surface area contributed by atoms with Crippen molar-refractivity contribution in [2.45, 2.75) is 6.92 Å². The Balaban J connectivity index is 1.98. The van der Waals surface area contributed by atoms with E-state index in [-0.39, 0.29) is 12.2 Å². The highest BCUT2D eigenvalue weighted by molar-refractivity contribution is 5.85. The monoisotopic (exact) mass is 284 g/mol. The van der Waals surface area contributed by atoms with Gasteiger partial charge in [-0.3, -0.25) is 0 Å². The molecule has 4 heteroatoms. The van der Waals surface area contributed by atoms with E-state index in [9.17, 15) is 4.79 Å². The third-order valence-electron chi connectivity index (χ3n) is 2.76. The molecule has 0 amide bonds. The zero-order chi connectivity index (χ0) is 15.1. The number of ether oxygens (including phenoxy) is 2. The van der Waals surface area contributed by atoms with Crippen LogP contribution in [0.3, 0.4) is 0 Å². The Hall–Kier alpha value is -2.75. The van der Waals surface area contributed by atoms with Crippen LogP contribution in [0.1, 0.15) is 6.92 Å². The molecule has 2 aromatic rings. The Labute approximate surface area is 123 Å². The molecule has 0 unspecified atom stereocenters. The van der Waals surface area contributed by atoms with Crippen LogP contribution in [0.15, 0.2) is 66.2 Å². The maximum Gasteiger partial charge on any atom is 0.331 e. The van der Waals surface area contributed by atoms with Gasteiger partial charge in [-0.05, 0) is 37.3 Å². The first-order chi connectivity index (χ1) is 10.1.